The fourth-order valence-electron chi connectivity index (χ4n) is 2.82. The lowest BCUT2D eigenvalue weighted by Gasteiger charge is -2.43. The van der Waals surface area contributed by atoms with Gasteiger partial charge in [0, 0.05) is 43.1 Å². The maximum atomic E-state index is 12.5. The van der Waals surface area contributed by atoms with Gasteiger partial charge in [0.05, 0.1) is 0 Å². The van der Waals surface area contributed by atoms with Gasteiger partial charge in [0.15, 0.2) is 0 Å². The topological polar surface area (TPSA) is 52.7 Å². The largest absolute Gasteiger partial charge is 0.301 e. The molecule has 1 aliphatic heterocycles. The van der Waals surface area contributed by atoms with Crippen molar-refractivity contribution in [1.82, 2.24) is 14.5 Å². The number of nitrogens with one attached hydrogen (secondary N) is 1. The highest BCUT2D eigenvalue weighted by Gasteiger charge is 2.31. The van der Waals surface area contributed by atoms with Gasteiger partial charge in [-0.15, -0.1) is 11.3 Å². The number of likely N-dealkylation sites (N-methyl/N-ethyl adjacent to an activating group) is 1. The third-order valence-electron chi connectivity index (χ3n) is 4.62. The van der Waals surface area contributed by atoms with Crippen LogP contribution in [0.15, 0.2) is 16.3 Å². The summed E-state index contributed by atoms with van der Waals surface area (Å²) in [5.41, 5.74) is -0.183. The average molecular weight is 360 g/mol. The monoisotopic (exact) mass is 359 g/mol. The first-order valence-corrected chi connectivity index (χ1v) is 10.6. The second-order valence-electron chi connectivity index (χ2n) is 6.63. The summed E-state index contributed by atoms with van der Waals surface area (Å²) in [7, 11) is -3.41. The van der Waals surface area contributed by atoms with Gasteiger partial charge in [0.2, 0.25) is 10.0 Å². The Morgan fingerprint density at radius 3 is 2.35 bits per heavy atom. The van der Waals surface area contributed by atoms with Gasteiger partial charge in [-0.1, -0.05) is 13.8 Å². The van der Waals surface area contributed by atoms with Crippen LogP contribution in [-0.2, 0) is 16.4 Å². The molecule has 0 bridgehead atoms. The normalized spacial score (nSPS) is 18.4. The molecule has 0 saturated carbocycles. The lowest BCUT2D eigenvalue weighted by Crippen LogP contribution is -2.58. The zero-order chi connectivity index (χ0) is 17.1. The lowest BCUT2D eigenvalue weighted by atomic mass is 10.0. The molecule has 0 unspecified atom stereocenters. The van der Waals surface area contributed by atoms with Gasteiger partial charge in [-0.25, -0.2) is 13.1 Å². The van der Waals surface area contributed by atoms with Crippen LogP contribution in [0.4, 0.5) is 0 Å². The molecule has 0 aliphatic carbocycles. The number of thiophene rings is 1. The molecule has 2 heterocycles. The van der Waals surface area contributed by atoms with E-state index in [-0.39, 0.29) is 5.54 Å². The van der Waals surface area contributed by atoms with Crippen LogP contribution in [0.2, 0.25) is 0 Å². The van der Waals surface area contributed by atoms with Crippen molar-refractivity contribution in [3.63, 3.8) is 0 Å². The predicted molar refractivity (Wildman–Crippen MR) is 96.7 cm³/mol. The summed E-state index contributed by atoms with van der Waals surface area (Å²) < 4.78 is 28.1. The number of rotatable bonds is 7. The second kappa shape index (κ2) is 7.61. The summed E-state index contributed by atoms with van der Waals surface area (Å²) in [5.74, 6) is 0. The summed E-state index contributed by atoms with van der Waals surface area (Å²) in [6.07, 6.45) is 0.868. The molecule has 0 aromatic carbocycles. The van der Waals surface area contributed by atoms with Gasteiger partial charge >= 0.3 is 0 Å². The summed E-state index contributed by atoms with van der Waals surface area (Å²) in [6.45, 7) is 14.0. The average Bonchev–Trinajstić information content (AvgIpc) is 3.03. The van der Waals surface area contributed by atoms with E-state index >= 15 is 0 Å². The number of hydrogen-bond acceptors (Lipinski definition) is 5. The smallest absolute Gasteiger partial charge is 0.250 e. The minimum atomic E-state index is -3.41. The van der Waals surface area contributed by atoms with E-state index in [1.165, 1.54) is 11.3 Å². The summed E-state index contributed by atoms with van der Waals surface area (Å²) in [6, 6.07) is 3.60. The maximum Gasteiger partial charge on any atom is 0.250 e. The van der Waals surface area contributed by atoms with E-state index in [0.29, 0.717) is 10.8 Å². The van der Waals surface area contributed by atoms with Gasteiger partial charge in [-0.2, -0.15) is 0 Å². The molecular formula is C16H29N3O2S2. The van der Waals surface area contributed by atoms with Crippen molar-refractivity contribution in [3.8, 4) is 0 Å². The molecule has 132 valence electrons. The van der Waals surface area contributed by atoms with E-state index < -0.39 is 10.0 Å². The van der Waals surface area contributed by atoms with Crippen molar-refractivity contribution in [3.05, 3.63) is 17.0 Å². The van der Waals surface area contributed by atoms with Crippen LogP contribution in [0.25, 0.3) is 0 Å². The summed E-state index contributed by atoms with van der Waals surface area (Å²) in [5, 5.41) is 0. The van der Waals surface area contributed by atoms with Gasteiger partial charge < -0.3 is 4.90 Å². The number of sulfonamides is 1. The molecule has 1 saturated heterocycles. The molecule has 1 N–H and O–H groups in total. The third kappa shape index (κ3) is 4.76. The second-order valence-corrected chi connectivity index (χ2v) is 9.79. The van der Waals surface area contributed by atoms with E-state index in [1.807, 2.05) is 13.0 Å². The van der Waals surface area contributed by atoms with Gasteiger partial charge in [0.1, 0.15) is 4.21 Å². The standard InChI is InChI=1S/C16H29N3O2S2/c1-5-14-7-8-15(22-14)23(20,21)17-13-16(3,4)19-11-9-18(6-2)10-12-19/h7-8,17H,5-6,9-13H2,1-4H3. The highest BCUT2D eigenvalue weighted by atomic mass is 32.2. The predicted octanol–water partition coefficient (Wildman–Crippen LogP) is 2.00. The van der Waals surface area contributed by atoms with E-state index in [0.717, 1.165) is 44.0 Å². The molecule has 7 heteroatoms. The molecule has 0 radical (unpaired) electrons. The highest BCUT2D eigenvalue weighted by molar-refractivity contribution is 7.91. The summed E-state index contributed by atoms with van der Waals surface area (Å²) in [4.78, 5) is 5.91. The first kappa shape index (κ1) is 18.9. The van der Waals surface area contributed by atoms with Crippen molar-refractivity contribution >= 4 is 21.4 Å². The Morgan fingerprint density at radius 2 is 1.83 bits per heavy atom. The number of piperazine rings is 1. The van der Waals surface area contributed by atoms with Crippen LogP contribution in [-0.4, -0.2) is 63.0 Å². The molecule has 1 aromatic rings. The maximum absolute atomic E-state index is 12.5. The van der Waals surface area contributed by atoms with Crippen molar-refractivity contribution in [1.29, 1.82) is 0 Å². The Labute approximate surface area is 144 Å². The Morgan fingerprint density at radius 1 is 1.17 bits per heavy atom. The van der Waals surface area contributed by atoms with Gasteiger partial charge in [0.25, 0.3) is 0 Å². The van der Waals surface area contributed by atoms with Crippen molar-refractivity contribution in [2.24, 2.45) is 0 Å². The van der Waals surface area contributed by atoms with Gasteiger partial charge in [-0.05, 0) is 38.9 Å². The fourth-order valence-corrected chi connectivity index (χ4v) is 5.36. The molecule has 5 nitrogen and oxygen atoms in total. The zero-order valence-corrected chi connectivity index (χ0v) is 16.3. The van der Waals surface area contributed by atoms with Gasteiger partial charge in [-0.3, -0.25) is 4.90 Å². The van der Waals surface area contributed by atoms with Crippen LogP contribution < -0.4 is 4.72 Å². The van der Waals surface area contributed by atoms with Crippen molar-refractivity contribution in [2.75, 3.05) is 39.3 Å². The molecule has 1 aliphatic rings. The first-order valence-electron chi connectivity index (χ1n) is 8.34. The molecule has 0 amide bonds. The SMILES string of the molecule is CCc1ccc(S(=O)(=O)NCC(C)(C)N2CCN(CC)CC2)s1. The minimum absolute atomic E-state index is 0.183. The Hall–Kier alpha value is -0.470. The number of hydrogen-bond donors (Lipinski definition) is 1. The fraction of sp³-hybridized carbons (Fsp3) is 0.750. The van der Waals surface area contributed by atoms with E-state index in [1.54, 1.807) is 6.07 Å². The van der Waals surface area contributed by atoms with E-state index in [2.05, 4.69) is 35.3 Å². The van der Waals surface area contributed by atoms with E-state index in [4.69, 9.17) is 0 Å². The Bertz CT molecular complexity index is 603. The number of aryl methyl sites for hydroxylation is 1. The Balaban J connectivity index is 1.95. The van der Waals surface area contributed by atoms with Crippen LogP contribution in [0.5, 0.6) is 0 Å². The zero-order valence-electron chi connectivity index (χ0n) is 14.6. The third-order valence-corrected chi connectivity index (χ3v) is 7.74. The van der Waals surface area contributed by atoms with E-state index in [9.17, 15) is 8.42 Å². The molecule has 0 spiro atoms. The molecule has 1 aromatic heterocycles. The Kier molecular flexibility index (Phi) is 6.24. The summed E-state index contributed by atoms with van der Waals surface area (Å²) >= 11 is 1.36. The van der Waals surface area contributed by atoms with Crippen LogP contribution in [0.3, 0.4) is 0 Å². The highest BCUT2D eigenvalue weighted by Crippen LogP contribution is 2.23. The van der Waals surface area contributed by atoms with Crippen LogP contribution >= 0.6 is 11.3 Å². The molecule has 1 fully saturated rings. The van der Waals surface area contributed by atoms with Crippen molar-refractivity contribution in [2.45, 2.75) is 43.9 Å². The number of nitrogens with zero attached hydrogens (tertiary/aromatic N) is 2. The molecule has 23 heavy (non-hydrogen) atoms. The molecule has 2 rings (SSSR count). The molecular weight excluding hydrogens is 330 g/mol. The minimum Gasteiger partial charge on any atom is -0.301 e. The lowest BCUT2D eigenvalue weighted by molar-refractivity contribution is 0.0571. The first-order chi connectivity index (χ1) is 10.8. The van der Waals surface area contributed by atoms with Crippen molar-refractivity contribution < 1.29 is 8.42 Å². The quantitative estimate of drug-likeness (QED) is 0.809. The van der Waals surface area contributed by atoms with Crippen LogP contribution in [0, 0.1) is 0 Å². The van der Waals surface area contributed by atoms with Crippen LogP contribution in [0.1, 0.15) is 32.6 Å². The molecule has 0 atom stereocenters.